The van der Waals surface area contributed by atoms with Crippen LogP contribution in [-0.4, -0.2) is 31.5 Å². The van der Waals surface area contributed by atoms with Gasteiger partial charge in [-0.15, -0.1) is 0 Å². The Morgan fingerprint density at radius 1 is 1.17 bits per heavy atom. The normalized spacial score (nSPS) is 27.4. The summed E-state index contributed by atoms with van der Waals surface area (Å²) in [4.78, 5) is 0. The van der Waals surface area contributed by atoms with Gasteiger partial charge in [0.05, 0.1) is 10.5 Å². The Kier molecular flexibility index (Phi) is 6.12. The van der Waals surface area contributed by atoms with Crippen molar-refractivity contribution in [1.82, 2.24) is 5.32 Å². The zero-order valence-electron chi connectivity index (χ0n) is 12.3. The highest BCUT2D eigenvalue weighted by Gasteiger charge is 2.39. The molecule has 1 fully saturated rings. The maximum absolute atomic E-state index is 12.7. The molecule has 3 atom stereocenters. The van der Waals surface area contributed by atoms with Crippen molar-refractivity contribution in [1.29, 1.82) is 0 Å². The van der Waals surface area contributed by atoms with Gasteiger partial charge in [0, 0.05) is 6.04 Å². The molecular weight excluding hydrogens is 246 g/mol. The molecule has 3 unspecified atom stereocenters. The molecule has 1 saturated carbocycles. The standard InChI is InChI=1S/C14H29NO2S/c1-5-10-15-13-8-6-7-9-14(13)18(16,17)12(4)11(2)3/h11-15H,5-10H2,1-4H3. The molecule has 0 aromatic heterocycles. The lowest BCUT2D eigenvalue weighted by Crippen LogP contribution is -2.49. The minimum absolute atomic E-state index is 0.171. The van der Waals surface area contributed by atoms with Crippen molar-refractivity contribution in [2.24, 2.45) is 5.92 Å². The third kappa shape index (κ3) is 3.70. The van der Waals surface area contributed by atoms with Crippen LogP contribution in [0.5, 0.6) is 0 Å². The highest BCUT2D eigenvalue weighted by atomic mass is 32.2. The Morgan fingerprint density at radius 2 is 1.78 bits per heavy atom. The second-order valence-corrected chi connectivity index (χ2v) is 8.45. The number of sulfone groups is 1. The van der Waals surface area contributed by atoms with Crippen molar-refractivity contribution < 1.29 is 8.42 Å². The van der Waals surface area contributed by atoms with Gasteiger partial charge in [0.1, 0.15) is 0 Å². The van der Waals surface area contributed by atoms with Crippen LogP contribution in [-0.2, 0) is 9.84 Å². The third-order valence-electron chi connectivity index (χ3n) is 4.24. The van der Waals surface area contributed by atoms with Crippen LogP contribution in [0.15, 0.2) is 0 Å². The van der Waals surface area contributed by atoms with Crippen LogP contribution in [0.4, 0.5) is 0 Å². The Morgan fingerprint density at radius 3 is 2.33 bits per heavy atom. The van der Waals surface area contributed by atoms with Crippen LogP contribution in [0, 0.1) is 5.92 Å². The molecular formula is C14H29NO2S. The third-order valence-corrected chi connectivity index (χ3v) is 7.23. The number of hydrogen-bond acceptors (Lipinski definition) is 3. The van der Waals surface area contributed by atoms with E-state index in [1.165, 1.54) is 0 Å². The van der Waals surface area contributed by atoms with E-state index in [0.29, 0.717) is 0 Å². The zero-order chi connectivity index (χ0) is 13.8. The smallest absolute Gasteiger partial charge is 0.157 e. The fraction of sp³-hybridized carbons (Fsp3) is 1.00. The van der Waals surface area contributed by atoms with E-state index in [-0.39, 0.29) is 22.5 Å². The van der Waals surface area contributed by atoms with Gasteiger partial charge in [-0.3, -0.25) is 0 Å². The molecule has 1 aliphatic carbocycles. The topological polar surface area (TPSA) is 46.2 Å². The van der Waals surface area contributed by atoms with Gasteiger partial charge >= 0.3 is 0 Å². The predicted octanol–water partition coefficient (Wildman–Crippen LogP) is 2.76. The molecule has 1 rings (SSSR count). The molecule has 0 aromatic rings. The summed E-state index contributed by atoms with van der Waals surface area (Å²) in [5.41, 5.74) is 0. The monoisotopic (exact) mass is 275 g/mol. The van der Waals surface area contributed by atoms with Gasteiger partial charge in [0.15, 0.2) is 9.84 Å². The van der Waals surface area contributed by atoms with Gasteiger partial charge in [0.2, 0.25) is 0 Å². The van der Waals surface area contributed by atoms with E-state index in [1.807, 2.05) is 20.8 Å². The molecule has 4 heteroatoms. The fourth-order valence-corrected chi connectivity index (χ4v) is 5.20. The number of rotatable bonds is 6. The second kappa shape index (κ2) is 6.90. The fourth-order valence-electron chi connectivity index (χ4n) is 2.71. The van der Waals surface area contributed by atoms with Crippen molar-refractivity contribution in [2.45, 2.75) is 76.3 Å². The lowest BCUT2D eigenvalue weighted by molar-refractivity contribution is 0.367. The van der Waals surface area contributed by atoms with Gasteiger partial charge in [-0.25, -0.2) is 8.42 Å². The molecule has 0 heterocycles. The first-order valence-electron chi connectivity index (χ1n) is 7.37. The molecule has 0 amide bonds. The van der Waals surface area contributed by atoms with Gasteiger partial charge in [-0.2, -0.15) is 0 Å². The summed E-state index contributed by atoms with van der Waals surface area (Å²) < 4.78 is 25.3. The first-order valence-corrected chi connectivity index (χ1v) is 8.98. The first kappa shape index (κ1) is 16.0. The molecule has 0 aliphatic heterocycles. The maximum atomic E-state index is 12.7. The van der Waals surface area contributed by atoms with Gasteiger partial charge in [-0.05, 0) is 38.6 Å². The SMILES string of the molecule is CCCNC1CCCCC1S(=O)(=O)C(C)C(C)C. The molecule has 108 valence electrons. The Balaban J connectivity index is 2.82. The van der Waals surface area contributed by atoms with Crippen LogP contribution >= 0.6 is 0 Å². The van der Waals surface area contributed by atoms with Crippen molar-refractivity contribution in [3.8, 4) is 0 Å². The van der Waals surface area contributed by atoms with E-state index in [1.54, 1.807) is 0 Å². The van der Waals surface area contributed by atoms with Crippen molar-refractivity contribution in [2.75, 3.05) is 6.54 Å². The minimum Gasteiger partial charge on any atom is -0.313 e. The number of nitrogens with one attached hydrogen (secondary N) is 1. The van der Waals surface area contributed by atoms with Crippen LogP contribution in [0.3, 0.4) is 0 Å². The molecule has 0 bridgehead atoms. The molecule has 1 aliphatic rings. The summed E-state index contributed by atoms with van der Waals surface area (Å²) in [6.07, 6.45) is 5.11. The lowest BCUT2D eigenvalue weighted by Gasteiger charge is -2.34. The van der Waals surface area contributed by atoms with Crippen LogP contribution in [0.1, 0.15) is 59.8 Å². The van der Waals surface area contributed by atoms with E-state index in [0.717, 1.165) is 38.6 Å². The highest BCUT2D eigenvalue weighted by Crippen LogP contribution is 2.29. The average molecular weight is 275 g/mol. The zero-order valence-corrected chi connectivity index (χ0v) is 13.1. The molecule has 0 saturated heterocycles. The Labute approximate surface area is 113 Å². The molecule has 0 spiro atoms. The van der Waals surface area contributed by atoms with Crippen molar-refractivity contribution >= 4 is 9.84 Å². The molecule has 0 aromatic carbocycles. The summed E-state index contributed by atoms with van der Waals surface area (Å²) in [6.45, 7) is 8.91. The second-order valence-electron chi connectivity index (χ2n) is 5.92. The van der Waals surface area contributed by atoms with E-state index in [9.17, 15) is 8.42 Å². The number of hydrogen-bond donors (Lipinski definition) is 1. The van der Waals surface area contributed by atoms with E-state index < -0.39 is 9.84 Å². The van der Waals surface area contributed by atoms with Gasteiger partial charge < -0.3 is 5.32 Å². The maximum Gasteiger partial charge on any atom is 0.157 e. The lowest BCUT2D eigenvalue weighted by atomic mass is 9.95. The van der Waals surface area contributed by atoms with Gasteiger partial charge in [0.25, 0.3) is 0 Å². The Bertz CT molecular complexity index is 338. The minimum atomic E-state index is -3.00. The summed E-state index contributed by atoms with van der Waals surface area (Å²) in [5.74, 6) is 0.198. The van der Waals surface area contributed by atoms with Crippen LogP contribution in [0.2, 0.25) is 0 Å². The van der Waals surface area contributed by atoms with E-state index in [4.69, 9.17) is 0 Å². The van der Waals surface area contributed by atoms with Crippen molar-refractivity contribution in [3.63, 3.8) is 0 Å². The Hall–Kier alpha value is -0.0900. The van der Waals surface area contributed by atoms with Crippen molar-refractivity contribution in [3.05, 3.63) is 0 Å². The van der Waals surface area contributed by atoms with E-state index >= 15 is 0 Å². The van der Waals surface area contributed by atoms with E-state index in [2.05, 4.69) is 12.2 Å². The highest BCUT2D eigenvalue weighted by molar-refractivity contribution is 7.92. The average Bonchev–Trinajstić information content (AvgIpc) is 2.35. The summed E-state index contributed by atoms with van der Waals surface area (Å²) in [7, 11) is -3.00. The summed E-state index contributed by atoms with van der Waals surface area (Å²) >= 11 is 0. The van der Waals surface area contributed by atoms with Crippen LogP contribution < -0.4 is 5.32 Å². The van der Waals surface area contributed by atoms with Gasteiger partial charge in [-0.1, -0.05) is 33.6 Å². The quantitative estimate of drug-likeness (QED) is 0.811. The molecule has 0 radical (unpaired) electrons. The molecule has 18 heavy (non-hydrogen) atoms. The first-order chi connectivity index (χ1) is 8.41. The molecule has 1 N–H and O–H groups in total. The summed E-state index contributed by atoms with van der Waals surface area (Å²) in [6, 6.07) is 0.171. The molecule has 3 nitrogen and oxygen atoms in total. The van der Waals surface area contributed by atoms with Crippen LogP contribution in [0.25, 0.3) is 0 Å². The summed E-state index contributed by atoms with van der Waals surface area (Å²) in [5, 5.41) is 3.04. The largest absolute Gasteiger partial charge is 0.313 e. The predicted molar refractivity (Wildman–Crippen MR) is 77.6 cm³/mol.